The van der Waals surface area contributed by atoms with E-state index in [4.69, 9.17) is 18.9 Å². The van der Waals surface area contributed by atoms with Gasteiger partial charge in [0, 0.05) is 6.08 Å². The molecule has 4 heterocycles. The van der Waals surface area contributed by atoms with Gasteiger partial charge in [0.1, 0.15) is 11.5 Å². The van der Waals surface area contributed by atoms with Crippen LogP contribution in [0.15, 0.2) is 108 Å². The summed E-state index contributed by atoms with van der Waals surface area (Å²) in [5, 5.41) is 2.49. The van der Waals surface area contributed by atoms with Crippen LogP contribution in [0.1, 0.15) is 31.2 Å². The number of methoxy groups -OCH3 is 1. The Kier molecular flexibility index (Phi) is 7.45. The van der Waals surface area contributed by atoms with Gasteiger partial charge < -0.3 is 13.9 Å². The van der Waals surface area contributed by atoms with Crippen LogP contribution in [-0.4, -0.2) is 29.2 Å². The standard InChI is InChI=1S/C33H25N3O5S3/c1-4-40-31(38)28-18(2)34-32-36(29(28)22-9-7-8-19-12-13-20(39-3)16-23(19)22)30(37)26(42-32)17-21-14-15-27(41-21)44-33-35-24-10-5-6-11-25(24)43-33/h5-17,29H,4H2,1-3H3/b26-17+/t29-/m1/s1. The number of nitrogens with zero attached hydrogens (tertiary/aromatic N) is 3. The predicted molar refractivity (Wildman–Crippen MR) is 173 cm³/mol. The van der Waals surface area contributed by atoms with Crippen molar-refractivity contribution in [3.8, 4) is 5.75 Å². The third-order valence-corrected chi connectivity index (χ3v) is 10.3. The molecule has 0 unspecified atom stereocenters. The quantitative estimate of drug-likeness (QED) is 0.189. The topological polar surface area (TPSA) is 95.9 Å². The average Bonchev–Trinajstić information content (AvgIpc) is 3.73. The summed E-state index contributed by atoms with van der Waals surface area (Å²) in [6.07, 6.45) is 1.72. The Morgan fingerprint density at radius 1 is 1.09 bits per heavy atom. The van der Waals surface area contributed by atoms with E-state index in [0.717, 1.165) is 30.9 Å². The fraction of sp³-hybridized carbons (Fsp3) is 0.152. The second kappa shape index (κ2) is 11.6. The lowest BCUT2D eigenvalue weighted by atomic mass is 9.91. The van der Waals surface area contributed by atoms with Gasteiger partial charge in [-0.2, -0.15) is 0 Å². The molecule has 220 valence electrons. The minimum absolute atomic E-state index is 0.200. The molecule has 8 nitrogen and oxygen atoms in total. The summed E-state index contributed by atoms with van der Waals surface area (Å²) in [6.45, 7) is 3.74. The highest BCUT2D eigenvalue weighted by Crippen LogP contribution is 2.37. The first kappa shape index (κ1) is 28.3. The lowest BCUT2D eigenvalue weighted by Gasteiger charge is -2.26. The van der Waals surface area contributed by atoms with Crippen molar-refractivity contribution in [2.24, 2.45) is 4.99 Å². The zero-order chi connectivity index (χ0) is 30.4. The minimum atomic E-state index is -0.745. The van der Waals surface area contributed by atoms with Crippen LogP contribution in [0.25, 0.3) is 27.1 Å². The van der Waals surface area contributed by atoms with Crippen LogP contribution in [0.3, 0.4) is 0 Å². The van der Waals surface area contributed by atoms with Crippen LogP contribution in [0.2, 0.25) is 0 Å². The Morgan fingerprint density at radius 2 is 1.95 bits per heavy atom. The second-order valence-electron chi connectivity index (χ2n) is 9.94. The van der Waals surface area contributed by atoms with Crippen molar-refractivity contribution in [2.75, 3.05) is 13.7 Å². The number of benzene rings is 3. The lowest BCUT2D eigenvalue weighted by molar-refractivity contribution is -0.139. The van der Waals surface area contributed by atoms with E-state index in [1.165, 1.54) is 23.1 Å². The maximum atomic E-state index is 14.1. The Balaban J connectivity index is 1.33. The molecule has 3 aromatic carbocycles. The number of aromatic nitrogens is 2. The molecule has 0 fully saturated rings. The van der Waals surface area contributed by atoms with E-state index in [-0.39, 0.29) is 12.2 Å². The first-order chi connectivity index (χ1) is 21.4. The number of esters is 1. The lowest BCUT2D eigenvalue weighted by Crippen LogP contribution is -2.40. The number of carbonyl (C=O) groups is 1. The number of furan rings is 1. The molecular formula is C33H25N3O5S3. The molecule has 6 aromatic rings. The first-order valence-electron chi connectivity index (χ1n) is 13.8. The molecular weight excluding hydrogens is 615 g/mol. The Labute approximate surface area is 263 Å². The van der Waals surface area contributed by atoms with Gasteiger partial charge in [0.25, 0.3) is 5.56 Å². The third kappa shape index (κ3) is 5.06. The van der Waals surface area contributed by atoms with Crippen LogP contribution in [0.5, 0.6) is 5.75 Å². The van der Waals surface area contributed by atoms with Gasteiger partial charge in [-0.3, -0.25) is 9.36 Å². The van der Waals surface area contributed by atoms with Gasteiger partial charge in [-0.15, -0.1) is 11.3 Å². The molecule has 1 aliphatic heterocycles. The summed E-state index contributed by atoms with van der Waals surface area (Å²) in [7, 11) is 1.61. The number of ether oxygens (including phenoxy) is 2. The number of para-hydroxylation sites is 1. The second-order valence-corrected chi connectivity index (χ2v) is 13.2. The van der Waals surface area contributed by atoms with Gasteiger partial charge in [0.2, 0.25) is 0 Å². The third-order valence-electron chi connectivity index (χ3n) is 7.27. The number of hydrogen-bond acceptors (Lipinski definition) is 10. The first-order valence-corrected chi connectivity index (χ1v) is 16.3. The fourth-order valence-corrected chi connectivity index (χ4v) is 8.30. The molecule has 0 amide bonds. The molecule has 0 aliphatic carbocycles. The largest absolute Gasteiger partial charge is 0.497 e. The van der Waals surface area contributed by atoms with E-state index < -0.39 is 12.0 Å². The van der Waals surface area contributed by atoms with Gasteiger partial charge in [0.15, 0.2) is 14.2 Å². The van der Waals surface area contributed by atoms with Crippen LogP contribution in [-0.2, 0) is 9.53 Å². The fourth-order valence-electron chi connectivity index (χ4n) is 5.30. The summed E-state index contributed by atoms with van der Waals surface area (Å²) in [6, 6.07) is 22.6. The summed E-state index contributed by atoms with van der Waals surface area (Å²) < 4.78 is 21.1. The Bertz CT molecular complexity index is 2260. The summed E-state index contributed by atoms with van der Waals surface area (Å²) in [5.74, 6) is 0.704. The van der Waals surface area contributed by atoms with Crippen molar-refractivity contribution in [1.29, 1.82) is 0 Å². The van der Waals surface area contributed by atoms with Crippen molar-refractivity contribution in [2.45, 2.75) is 29.3 Å². The molecule has 0 bridgehead atoms. The van der Waals surface area contributed by atoms with Gasteiger partial charge in [-0.05, 0) is 78.3 Å². The monoisotopic (exact) mass is 639 g/mol. The molecule has 44 heavy (non-hydrogen) atoms. The van der Waals surface area contributed by atoms with E-state index in [1.807, 2.05) is 72.8 Å². The average molecular weight is 640 g/mol. The Hall–Kier alpha value is -4.45. The molecule has 1 atom stereocenters. The van der Waals surface area contributed by atoms with E-state index in [1.54, 1.807) is 42.9 Å². The normalized spacial score (nSPS) is 15.1. The van der Waals surface area contributed by atoms with E-state index in [9.17, 15) is 9.59 Å². The number of thiazole rings is 2. The van der Waals surface area contributed by atoms with Crippen LogP contribution < -0.4 is 19.6 Å². The molecule has 0 spiro atoms. The molecule has 11 heteroatoms. The summed E-state index contributed by atoms with van der Waals surface area (Å²) in [5.41, 5.74) is 2.29. The smallest absolute Gasteiger partial charge is 0.338 e. The van der Waals surface area contributed by atoms with Gasteiger partial charge in [-0.25, -0.2) is 14.8 Å². The van der Waals surface area contributed by atoms with E-state index in [0.29, 0.717) is 37.2 Å². The van der Waals surface area contributed by atoms with Crippen molar-refractivity contribution in [1.82, 2.24) is 9.55 Å². The zero-order valence-electron chi connectivity index (χ0n) is 23.9. The van der Waals surface area contributed by atoms with Gasteiger partial charge >= 0.3 is 5.97 Å². The maximum absolute atomic E-state index is 14.1. The number of carbonyl (C=O) groups excluding carboxylic acids is 1. The number of rotatable bonds is 7. The predicted octanol–water partition coefficient (Wildman–Crippen LogP) is 6.31. The Morgan fingerprint density at radius 3 is 2.77 bits per heavy atom. The maximum Gasteiger partial charge on any atom is 0.338 e. The SMILES string of the molecule is CCOC(=O)C1=C(C)N=c2s/c(=C/c3ccc(Sc4nc5ccccc5s4)o3)c(=O)n2[C@@H]1c1cccc2ccc(OC)cc12. The van der Waals surface area contributed by atoms with Crippen LogP contribution in [0.4, 0.5) is 0 Å². The number of allylic oxidation sites excluding steroid dienone is 1. The molecule has 0 saturated heterocycles. The van der Waals surface area contributed by atoms with Crippen LogP contribution in [0, 0.1) is 0 Å². The van der Waals surface area contributed by atoms with Crippen molar-refractivity contribution in [3.63, 3.8) is 0 Å². The highest BCUT2D eigenvalue weighted by atomic mass is 32.2. The zero-order valence-corrected chi connectivity index (χ0v) is 26.3. The molecule has 7 rings (SSSR count). The molecule has 3 aromatic heterocycles. The number of fused-ring (bicyclic) bond motifs is 3. The highest BCUT2D eigenvalue weighted by Gasteiger charge is 2.34. The highest BCUT2D eigenvalue weighted by molar-refractivity contribution is 8.01. The van der Waals surface area contributed by atoms with E-state index in [2.05, 4.69) is 4.98 Å². The van der Waals surface area contributed by atoms with Gasteiger partial charge in [-0.1, -0.05) is 47.7 Å². The number of hydrogen-bond donors (Lipinski definition) is 0. The molecule has 0 radical (unpaired) electrons. The molecule has 0 saturated carbocycles. The summed E-state index contributed by atoms with van der Waals surface area (Å²) in [4.78, 5) is 37.4. The molecule has 0 N–H and O–H groups in total. The minimum Gasteiger partial charge on any atom is -0.497 e. The molecule has 1 aliphatic rings. The van der Waals surface area contributed by atoms with Crippen molar-refractivity contribution < 1.29 is 18.7 Å². The van der Waals surface area contributed by atoms with Crippen LogP contribution >= 0.6 is 34.4 Å². The van der Waals surface area contributed by atoms with Crippen molar-refractivity contribution >= 4 is 67.5 Å². The van der Waals surface area contributed by atoms with E-state index >= 15 is 0 Å². The summed E-state index contributed by atoms with van der Waals surface area (Å²) >= 11 is 4.30. The van der Waals surface area contributed by atoms with Gasteiger partial charge in [0.05, 0.1) is 45.8 Å². The van der Waals surface area contributed by atoms with Crippen molar-refractivity contribution in [3.05, 3.63) is 115 Å².